The van der Waals surface area contributed by atoms with Gasteiger partial charge < -0.3 is 28.8 Å². The molecule has 0 radical (unpaired) electrons. The quantitative estimate of drug-likeness (QED) is 0.118. The summed E-state index contributed by atoms with van der Waals surface area (Å²) in [6.07, 6.45) is 5.40. The molecule has 3 aromatic rings. The number of carbonyl (C=O) groups excluding carboxylic acids is 2. The number of hydrogen-bond acceptors (Lipinski definition) is 9. The third kappa shape index (κ3) is 9.80. The maximum absolute atomic E-state index is 12.8. The highest BCUT2D eigenvalue weighted by Gasteiger charge is 2.28. The van der Waals surface area contributed by atoms with Gasteiger partial charge in [-0.15, -0.1) is 11.6 Å². The van der Waals surface area contributed by atoms with Crippen LogP contribution in [0.5, 0.6) is 0 Å². The second-order valence-electron chi connectivity index (χ2n) is 10.2. The first-order chi connectivity index (χ1) is 21.5. The van der Waals surface area contributed by atoms with Crippen molar-refractivity contribution in [1.82, 2.24) is 15.2 Å². The predicted octanol–water partition coefficient (Wildman–Crippen LogP) is 5.08. The molecule has 2 heterocycles. The number of aromatic nitrogens is 1. The summed E-state index contributed by atoms with van der Waals surface area (Å²) in [5.41, 5.74) is 3.20. The highest BCUT2D eigenvalue weighted by molar-refractivity contribution is 6.19. The highest BCUT2D eigenvalue weighted by atomic mass is 35.5. The van der Waals surface area contributed by atoms with E-state index in [2.05, 4.69) is 15.3 Å². The van der Waals surface area contributed by atoms with Gasteiger partial charge in [0.2, 0.25) is 5.89 Å². The molecule has 0 aliphatic carbocycles. The maximum atomic E-state index is 12.8. The smallest absolute Gasteiger partial charge is 0.407 e. The van der Waals surface area contributed by atoms with Gasteiger partial charge in [0.05, 0.1) is 26.4 Å². The molecule has 12 heteroatoms. The minimum absolute atomic E-state index is 0.199. The maximum Gasteiger partial charge on any atom is 0.407 e. The van der Waals surface area contributed by atoms with Crippen molar-refractivity contribution in [3.63, 3.8) is 0 Å². The van der Waals surface area contributed by atoms with Crippen molar-refractivity contribution >= 4 is 52.3 Å². The number of halogens is 1. The number of nitrogens with zero attached hydrogens (tertiary/aromatic N) is 4. The van der Waals surface area contributed by atoms with Crippen molar-refractivity contribution in [2.45, 2.75) is 25.7 Å². The third-order valence-corrected chi connectivity index (χ3v) is 7.18. The number of nitrogens with one attached hydrogen (secondary N) is 1. The fraction of sp³-hybridized carbons (Fsp3) is 0.438. The van der Waals surface area contributed by atoms with E-state index >= 15 is 0 Å². The molecule has 4 rings (SSSR count). The summed E-state index contributed by atoms with van der Waals surface area (Å²) in [7, 11) is 3.59. The highest BCUT2D eigenvalue weighted by Crippen LogP contribution is 2.25. The van der Waals surface area contributed by atoms with Crippen LogP contribution in [0.15, 0.2) is 63.6 Å². The van der Waals surface area contributed by atoms with E-state index in [0.29, 0.717) is 61.6 Å². The summed E-state index contributed by atoms with van der Waals surface area (Å²) in [6.45, 7) is 3.15. The zero-order chi connectivity index (χ0) is 31.1. The summed E-state index contributed by atoms with van der Waals surface area (Å²) in [5.74, 6) is 1.36. The Labute approximate surface area is 262 Å². The number of anilines is 1. The lowest BCUT2D eigenvalue weighted by Crippen LogP contribution is -2.31. The SMILES string of the molecule is CN1C(=O)/C(=C/c2nc3ccc(N(C)CCOC(=O)NCCOCCOCCCCCCCl)cc3o2)N=C1c1ccccc1. The third-order valence-electron chi connectivity index (χ3n) is 6.91. The number of oxazole rings is 1. The Hall–Kier alpha value is -3.93. The van der Waals surface area contributed by atoms with Crippen LogP contribution in [0.4, 0.5) is 10.5 Å². The first-order valence-electron chi connectivity index (χ1n) is 14.8. The molecule has 0 saturated carbocycles. The first-order valence-corrected chi connectivity index (χ1v) is 15.4. The van der Waals surface area contributed by atoms with Crippen LogP contribution in [0.25, 0.3) is 17.2 Å². The summed E-state index contributed by atoms with van der Waals surface area (Å²) in [4.78, 5) is 37.2. The average molecular weight is 626 g/mol. The number of unbranched alkanes of at least 4 members (excludes halogenated alkanes) is 3. The Balaban J connectivity index is 1.16. The molecular formula is C32H40ClN5O6. The lowest BCUT2D eigenvalue weighted by molar-refractivity contribution is -0.121. The number of carbonyl (C=O) groups is 2. The van der Waals surface area contributed by atoms with Gasteiger partial charge in [0, 0.05) is 56.5 Å². The number of amides is 2. The number of aliphatic imine (C=N–C) groups is 1. The number of alkyl carbamates (subject to hydrolysis) is 1. The van der Waals surface area contributed by atoms with Crippen LogP contribution in [0.1, 0.15) is 37.1 Å². The molecule has 1 aliphatic rings. The number of amidine groups is 1. The van der Waals surface area contributed by atoms with Gasteiger partial charge in [-0.05, 0) is 25.0 Å². The van der Waals surface area contributed by atoms with Crippen LogP contribution in [0.2, 0.25) is 0 Å². The number of likely N-dealkylation sites (N-methyl/N-ethyl adjacent to an activating group) is 2. The summed E-state index contributed by atoms with van der Waals surface area (Å²) < 4.78 is 22.2. The molecule has 44 heavy (non-hydrogen) atoms. The first kappa shape index (κ1) is 33.0. The van der Waals surface area contributed by atoms with Gasteiger partial charge >= 0.3 is 6.09 Å². The minimum atomic E-state index is -0.497. The van der Waals surface area contributed by atoms with E-state index < -0.39 is 6.09 Å². The molecule has 236 valence electrons. The van der Waals surface area contributed by atoms with Crippen molar-refractivity contribution in [3.05, 3.63) is 65.7 Å². The molecule has 1 aliphatic heterocycles. The largest absolute Gasteiger partial charge is 0.448 e. The van der Waals surface area contributed by atoms with Crippen LogP contribution in [0, 0.1) is 0 Å². The summed E-state index contributed by atoms with van der Waals surface area (Å²) >= 11 is 5.66. The summed E-state index contributed by atoms with van der Waals surface area (Å²) in [6, 6.07) is 15.1. The van der Waals surface area contributed by atoms with E-state index in [-0.39, 0.29) is 18.2 Å². The van der Waals surface area contributed by atoms with E-state index in [9.17, 15) is 9.59 Å². The van der Waals surface area contributed by atoms with Crippen LogP contribution in [-0.2, 0) is 19.0 Å². The molecular weight excluding hydrogens is 586 g/mol. The number of rotatable bonds is 18. The Morgan fingerprint density at radius 3 is 2.59 bits per heavy atom. The summed E-state index contributed by atoms with van der Waals surface area (Å²) in [5, 5.41) is 2.68. The van der Waals surface area contributed by atoms with Gasteiger partial charge in [0.15, 0.2) is 5.58 Å². The van der Waals surface area contributed by atoms with Crippen molar-refractivity contribution in [3.8, 4) is 0 Å². The Morgan fingerprint density at radius 1 is 1.02 bits per heavy atom. The molecule has 2 amide bonds. The molecule has 2 aromatic carbocycles. The van der Waals surface area contributed by atoms with Crippen LogP contribution in [0.3, 0.4) is 0 Å². The van der Waals surface area contributed by atoms with E-state index in [1.165, 1.54) is 4.90 Å². The lowest BCUT2D eigenvalue weighted by Gasteiger charge is -2.19. The fourth-order valence-electron chi connectivity index (χ4n) is 4.45. The topological polar surface area (TPSA) is 119 Å². The van der Waals surface area contributed by atoms with Gasteiger partial charge in [-0.25, -0.2) is 14.8 Å². The zero-order valence-corrected chi connectivity index (χ0v) is 26.1. The molecule has 0 spiro atoms. The molecule has 0 unspecified atom stereocenters. The number of benzene rings is 2. The van der Waals surface area contributed by atoms with Crippen LogP contribution < -0.4 is 10.2 Å². The van der Waals surface area contributed by atoms with E-state index in [1.54, 1.807) is 13.1 Å². The molecule has 1 aromatic heterocycles. The van der Waals surface area contributed by atoms with Gasteiger partial charge in [-0.3, -0.25) is 9.69 Å². The van der Waals surface area contributed by atoms with Crippen molar-refractivity contribution < 1.29 is 28.2 Å². The Morgan fingerprint density at radius 2 is 1.80 bits per heavy atom. The Kier molecular flexibility index (Phi) is 13.0. The zero-order valence-electron chi connectivity index (χ0n) is 25.3. The molecule has 11 nitrogen and oxygen atoms in total. The number of hydrogen-bond donors (Lipinski definition) is 1. The van der Waals surface area contributed by atoms with Gasteiger partial charge in [0.25, 0.3) is 5.91 Å². The van der Waals surface area contributed by atoms with Crippen molar-refractivity contribution in [1.29, 1.82) is 0 Å². The van der Waals surface area contributed by atoms with Gasteiger partial charge in [0.1, 0.15) is 23.7 Å². The average Bonchev–Trinajstić information content (AvgIpc) is 3.57. The van der Waals surface area contributed by atoms with Gasteiger partial charge in [-0.1, -0.05) is 43.2 Å². The minimum Gasteiger partial charge on any atom is -0.448 e. The standard InChI is InChI=1S/C32H40ClN5O6/c1-37(16-19-43-32(40)34-15-18-42-21-20-41-17-9-4-3-8-14-33)25-12-13-26-28(22-25)44-29(35-26)23-27-31(39)38(2)30(36-27)24-10-6-5-7-11-24/h5-7,10-13,22-23H,3-4,8-9,14-21H2,1-2H3,(H,34,40)/b27-23-. The molecule has 0 saturated heterocycles. The van der Waals surface area contributed by atoms with E-state index in [1.807, 2.05) is 60.5 Å². The van der Waals surface area contributed by atoms with E-state index in [4.69, 9.17) is 30.2 Å². The molecule has 0 fully saturated rings. The molecule has 1 N–H and O–H groups in total. The van der Waals surface area contributed by atoms with Gasteiger partial charge in [-0.2, -0.15) is 0 Å². The number of ether oxygens (including phenoxy) is 3. The van der Waals surface area contributed by atoms with Crippen molar-refractivity contribution in [2.24, 2.45) is 4.99 Å². The number of fused-ring (bicyclic) bond motifs is 1. The van der Waals surface area contributed by atoms with Crippen LogP contribution in [-0.4, -0.2) is 93.8 Å². The predicted molar refractivity (Wildman–Crippen MR) is 171 cm³/mol. The fourth-order valence-corrected chi connectivity index (χ4v) is 4.64. The molecule has 0 bridgehead atoms. The normalized spacial score (nSPS) is 14.0. The second kappa shape index (κ2) is 17.4. The number of alkyl halides is 1. The van der Waals surface area contributed by atoms with Crippen LogP contribution >= 0.6 is 11.6 Å². The second-order valence-corrected chi connectivity index (χ2v) is 10.6. The van der Waals surface area contributed by atoms with E-state index in [0.717, 1.165) is 43.5 Å². The molecule has 0 atom stereocenters. The lowest BCUT2D eigenvalue weighted by atomic mass is 10.2. The Bertz CT molecular complexity index is 1430. The van der Waals surface area contributed by atoms with Crippen molar-refractivity contribution in [2.75, 3.05) is 71.0 Å². The monoisotopic (exact) mass is 625 g/mol.